The van der Waals surface area contributed by atoms with Crippen LogP contribution in [0.3, 0.4) is 0 Å². The lowest BCUT2D eigenvalue weighted by atomic mass is 10.4. The Labute approximate surface area is 66.2 Å². The molecule has 0 aliphatic carbocycles. The summed E-state index contributed by atoms with van der Waals surface area (Å²) >= 11 is 0. The van der Waals surface area contributed by atoms with E-state index in [1.165, 1.54) is 0 Å². The van der Waals surface area contributed by atoms with Crippen molar-refractivity contribution in [2.24, 2.45) is 5.18 Å². The lowest BCUT2D eigenvalue weighted by molar-refractivity contribution is 0.0297. The molecule has 0 fully saturated rings. The van der Waals surface area contributed by atoms with Gasteiger partial charge in [0.25, 0.3) is 0 Å². The number of ether oxygens (including phenoxy) is 2. The van der Waals surface area contributed by atoms with Gasteiger partial charge in [-0.2, -0.15) is 4.91 Å². The van der Waals surface area contributed by atoms with Crippen LogP contribution in [0.4, 0.5) is 0 Å². The third-order valence-electron chi connectivity index (χ3n) is 1.11. The van der Waals surface area contributed by atoms with E-state index in [4.69, 9.17) is 9.47 Å². The fourth-order valence-corrected chi connectivity index (χ4v) is 0.590. The van der Waals surface area contributed by atoms with Crippen LogP contribution in [0.5, 0.6) is 0 Å². The van der Waals surface area contributed by atoms with E-state index in [1.54, 1.807) is 13.2 Å². The third-order valence-corrected chi connectivity index (χ3v) is 1.11. The van der Waals surface area contributed by atoms with Gasteiger partial charge in [-0.1, -0.05) is 11.3 Å². The quantitative estimate of drug-likeness (QED) is 0.316. The molecule has 0 N–H and O–H groups in total. The highest BCUT2D eigenvalue weighted by molar-refractivity contribution is 4.79. The monoisotopic (exact) mass is 159 g/mol. The molecule has 4 heteroatoms. The van der Waals surface area contributed by atoms with Gasteiger partial charge >= 0.3 is 0 Å². The van der Waals surface area contributed by atoms with Crippen molar-refractivity contribution in [1.82, 2.24) is 0 Å². The molecular weight excluding hydrogens is 146 g/mol. The first-order valence-electron chi connectivity index (χ1n) is 3.37. The van der Waals surface area contributed by atoms with Gasteiger partial charge in [0, 0.05) is 7.11 Å². The number of rotatable bonds is 7. The Balaban J connectivity index is 3.34. The molecule has 0 aromatic rings. The van der Waals surface area contributed by atoms with Crippen molar-refractivity contribution in [3.8, 4) is 0 Å². The summed E-state index contributed by atoms with van der Waals surface area (Å²) in [4.78, 5) is 9.65. The van der Waals surface area contributed by atoms with Gasteiger partial charge in [-0.05, 0) is 0 Å². The number of nitrogens with zero attached hydrogens (tertiary/aromatic N) is 1. The molecule has 4 nitrogen and oxygen atoms in total. The predicted octanol–water partition coefficient (Wildman–Crippen LogP) is 0.970. The minimum atomic E-state index is -0.137. The summed E-state index contributed by atoms with van der Waals surface area (Å²) in [6.07, 6.45) is 1.50. The molecule has 0 radical (unpaired) electrons. The van der Waals surface area contributed by atoms with Crippen molar-refractivity contribution < 1.29 is 9.47 Å². The molecule has 0 spiro atoms. The largest absolute Gasteiger partial charge is 0.382 e. The van der Waals surface area contributed by atoms with E-state index in [0.29, 0.717) is 13.2 Å². The van der Waals surface area contributed by atoms with Crippen molar-refractivity contribution in [3.05, 3.63) is 17.6 Å². The third kappa shape index (κ3) is 5.69. The summed E-state index contributed by atoms with van der Waals surface area (Å²) in [5, 5.41) is 2.65. The van der Waals surface area contributed by atoms with Crippen LogP contribution in [-0.2, 0) is 9.47 Å². The van der Waals surface area contributed by atoms with Gasteiger partial charge in [-0.15, -0.1) is 6.58 Å². The summed E-state index contributed by atoms with van der Waals surface area (Å²) < 4.78 is 9.96. The second-order valence-corrected chi connectivity index (χ2v) is 1.95. The van der Waals surface area contributed by atoms with Gasteiger partial charge in [-0.25, -0.2) is 0 Å². The molecule has 0 aliphatic rings. The summed E-state index contributed by atoms with van der Waals surface area (Å²) in [6, 6.07) is 0. The summed E-state index contributed by atoms with van der Waals surface area (Å²) in [5.41, 5.74) is 0. The molecule has 0 saturated carbocycles. The minimum Gasteiger partial charge on any atom is -0.382 e. The fourth-order valence-electron chi connectivity index (χ4n) is 0.590. The van der Waals surface area contributed by atoms with Crippen LogP contribution >= 0.6 is 0 Å². The van der Waals surface area contributed by atoms with E-state index in [-0.39, 0.29) is 12.6 Å². The molecule has 0 amide bonds. The Morgan fingerprint density at radius 3 is 2.91 bits per heavy atom. The van der Waals surface area contributed by atoms with Gasteiger partial charge in [0.15, 0.2) is 0 Å². The zero-order chi connectivity index (χ0) is 8.53. The van der Waals surface area contributed by atoms with E-state index in [2.05, 4.69) is 11.8 Å². The summed E-state index contributed by atoms with van der Waals surface area (Å²) in [7, 11) is 1.58. The molecule has 1 unspecified atom stereocenters. The van der Waals surface area contributed by atoms with Crippen LogP contribution in [0.1, 0.15) is 0 Å². The fraction of sp³-hybridized carbons (Fsp3) is 0.714. The second kappa shape index (κ2) is 7.37. The Hall–Kier alpha value is -0.740. The summed E-state index contributed by atoms with van der Waals surface area (Å²) in [5.74, 6) is 0. The van der Waals surface area contributed by atoms with E-state index >= 15 is 0 Å². The van der Waals surface area contributed by atoms with E-state index in [1.807, 2.05) is 0 Å². The zero-order valence-corrected chi connectivity index (χ0v) is 6.66. The maximum Gasteiger partial charge on any atom is 0.104 e. The van der Waals surface area contributed by atoms with Crippen LogP contribution in [0.25, 0.3) is 0 Å². The topological polar surface area (TPSA) is 47.9 Å². The van der Waals surface area contributed by atoms with Gasteiger partial charge in [0.2, 0.25) is 0 Å². The Bertz CT molecular complexity index is 116. The van der Waals surface area contributed by atoms with Crippen LogP contribution in [0.2, 0.25) is 0 Å². The summed E-state index contributed by atoms with van der Waals surface area (Å²) in [6.45, 7) is 4.50. The zero-order valence-electron chi connectivity index (χ0n) is 6.66. The molecule has 0 rings (SSSR count). The van der Waals surface area contributed by atoms with Crippen LogP contribution in [-0.4, -0.2) is 33.0 Å². The molecule has 0 bridgehead atoms. The number of hydrogen-bond donors (Lipinski definition) is 0. The maximum absolute atomic E-state index is 9.65. The Morgan fingerprint density at radius 2 is 2.45 bits per heavy atom. The van der Waals surface area contributed by atoms with Crippen LogP contribution < -0.4 is 0 Å². The highest BCUT2D eigenvalue weighted by Crippen LogP contribution is 1.93. The molecule has 0 saturated heterocycles. The second-order valence-electron chi connectivity index (χ2n) is 1.95. The van der Waals surface area contributed by atoms with E-state index in [0.717, 1.165) is 0 Å². The number of hydrogen-bond acceptors (Lipinski definition) is 4. The minimum absolute atomic E-state index is 0.137. The van der Waals surface area contributed by atoms with Gasteiger partial charge < -0.3 is 9.47 Å². The highest BCUT2D eigenvalue weighted by Gasteiger charge is 2.01. The average Bonchev–Trinajstić information content (AvgIpc) is 2.03. The van der Waals surface area contributed by atoms with Gasteiger partial charge in [0.05, 0.1) is 19.3 Å². The van der Waals surface area contributed by atoms with Gasteiger partial charge in [-0.3, -0.25) is 0 Å². The molecule has 0 heterocycles. The molecule has 0 aromatic heterocycles. The standard InChI is InChI=1S/C7H13NO3/c1-3-7(6-10-2)11-5-4-8-9/h3,7H,1,4-6H2,2H3. The highest BCUT2D eigenvalue weighted by atomic mass is 16.5. The molecule has 1 atom stereocenters. The molecular formula is C7H13NO3. The van der Waals surface area contributed by atoms with Gasteiger partial charge in [0.1, 0.15) is 6.54 Å². The SMILES string of the molecule is C=CC(COC)OCCN=O. The maximum atomic E-state index is 9.65. The normalized spacial score (nSPS) is 12.5. The van der Waals surface area contributed by atoms with Crippen molar-refractivity contribution in [3.63, 3.8) is 0 Å². The van der Waals surface area contributed by atoms with Crippen LogP contribution in [0.15, 0.2) is 17.8 Å². The first-order valence-corrected chi connectivity index (χ1v) is 3.37. The predicted molar refractivity (Wildman–Crippen MR) is 42.5 cm³/mol. The van der Waals surface area contributed by atoms with Crippen molar-refractivity contribution in [2.75, 3.05) is 26.9 Å². The van der Waals surface area contributed by atoms with Crippen molar-refractivity contribution >= 4 is 0 Å². The molecule has 64 valence electrons. The lowest BCUT2D eigenvalue weighted by Crippen LogP contribution is -2.17. The van der Waals surface area contributed by atoms with E-state index < -0.39 is 0 Å². The number of methoxy groups -OCH3 is 1. The lowest BCUT2D eigenvalue weighted by Gasteiger charge is -2.10. The van der Waals surface area contributed by atoms with Crippen LogP contribution in [0, 0.1) is 4.91 Å². The first kappa shape index (κ1) is 10.3. The van der Waals surface area contributed by atoms with E-state index in [9.17, 15) is 4.91 Å². The molecule has 0 aliphatic heterocycles. The Kier molecular flexibility index (Phi) is 6.87. The van der Waals surface area contributed by atoms with Crippen molar-refractivity contribution in [2.45, 2.75) is 6.10 Å². The van der Waals surface area contributed by atoms with Crippen molar-refractivity contribution in [1.29, 1.82) is 0 Å². The number of nitroso groups, excluding NO2 is 1. The smallest absolute Gasteiger partial charge is 0.104 e. The molecule has 0 aromatic carbocycles. The Morgan fingerprint density at radius 1 is 1.73 bits per heavy atom. The first-order chi connectivity index (χ1) is 5.35. The average molecular weight is 159 g/mol. The molecule has 11 heavy (non-hydrogen) atoms.